The molecule has 1 rings (SSSR count). The summed E-state index contributed by atoms with van der Waals surface area (Å²) in [5.41, 5.74) is 1.83. The Balaban J connectivity index is 2.67. The number of hydrogen-bond donors (Lipinski definition) is 1. The Morgan fingerprint density at radius 2 is 2.12 bits per heavy atom. The molecule has 0 saturated heterocycles. The fourth-order valence-corrected chi connectivity index (χ4v) is 1.63. The third-order valence-electron chi connectivity index (χ3n) is 2.54. The van der Waals surface area contributed by atoms with Crippen molar-refractivity contribution in [2.45, 2.75) is 13.5 Å². The van der Waals surface area contributed by atoms with Crippen molar-refractivity contribution in [1.82, 2.24) is 5.32 Å². The van der Waals surface area contributed by atoms with Crippen molar-refractivity contribution in [3.05, 3.63) is 29.6 Å². The first kappa shape index (κ1) is 13.9. The van der Waals surface area contributed by atoms with Crippen LogP contribution in [-0.4, -0.2) is 33.9 Å². The lowest BCUT2D eigenvalue weighted by Crippen LogP contribution is -2.23. The summed E-state index contributed by atoms with van der Waals surface area (Å²) in [7, 11) is 3.79. The Morgan fingerprint density at radius 1 is 1.35 bits per heavy atom. The van der Waals surface area contributed by atoms with Gasteiger partial charge < -0.3 is 15.0 Å². The molecule has 1 aromatic carbocycles. The lowest BCUT2D eigenvalue weighted by Gasteiger charge is -2.20. The first-order valence-corrected chi connectivity index (χ1v) is 5.90. The number of likely N-dealkylation sites (N-methyl/N-ethyl adjacent to an activating group) is 1. The SMILES string of the molecule is CCOCCN(C)c1cc(F)cc(CNC)c1. The second-order valence-corrected chi connectivity index (χ2v) is 3.97. The first-order valence-electron chi connectivity index (χ1n) is 5.90. The first-order chi connectivity index (χ1) is 8.17. The zero-order valence-electron chi connectivity index (χ0n) is 10.8. The molecule has 0 fully saturated rings. The third-order valence-corrected chi connectivity index (χ3v) is 2.54. The molecule has 0 aliphatic carbocycles. The summed E-state index contributed by atoms with van der Waals surface area (Å²) in [6, 6.07) is 5.09. The van der Waals surface area contributed by atoms with E-state index in [0.29, 0.717) is 19.8 Å². The van der Waals surface area contributed by atoms with Crippen molar-refractivity contribution in [1.29, 1.82) is 0 Å². The lowest BCUT2D eigenvalue weighted by atomic mass is 10.2. The van der Waals surface area contributed by atoms with E-state index in [1.54, 1.807) is 12.1 Å². The number of benzene rings is 1. The predicted octanol–water partition coefficient (Wildman–Crippen LogP) is 2.02. The second kappa shape index (κ2) is 7.25. The minimum Gasteiger partial charge on any atom is -0.380 e. The van der Waals surface area contributed by atoms with Gasteiger partial charge >= 0.3 is 0 Å². The maximum atomic E-state index is 13.4. The van der Waals surface area contributed by atoms with Crippen LogP contribution < -0.4 is 10.2 Å². The second-order valence-electron chi connectivity index (χ2n) is 3.97. The fourth-order valence-electron chi connectivity index (χ4n) is 1.63. The van der Waals surface area contributed by atoms with E-state index >= 15 is 0 Å². The van der Waals surface area contributed by atoms with E-state index in [2.05, 4.69) is 5.32 Å². The number of ether oxygens (including phenoxy) is 1. The van der Waals surface area contributed by atoms with E-state index < -0.39 is 0 Å². The van der Waals surface area contributed by atoms with Gasteiger partial charge in [-0.1, -0.05) is 0 Å². The molecule has 0 radical (unpaired) electrons. The average molecular weight is 240 g/mol. The Kier molecular flexibility index (Phi) is 5.94. The van der Waals surface area contributed by atoms with Gasteiger partial charge in [0.2, 0.25) is 0 Å². The summed E-state index contributed by atoms with van der Waals surface area (Å²) in [6.07, 6.45) is 0. The molecule has 0 aliphatic heterocycles. The van der Waals surface area contributed by atoms with E-state index in [-0.39, 0.29) is 5.82 Å². The van der Waals surface area contributed by atoms with Gasteiger partial charge in [-0.2, -0.15) is 0 Å². The molecular weight excluding hydrogens is 219 g/mol. The topological polar surface area (TPSA) is 24.5 Å². The zero-order chi connectivity index (χ0) is 12.7. The minimum absolute atomic E-state index is 0.198. The molecular formula is C13H21FN2O. The number of nitrogens with one attached hydrogen (secondary N) is 1. The van der Waals surface area contributed by atoms with Gasteiger partial charge in [0.1, 0.15) is 5.82 Å². The standard InChI is InChI=1S/C13H21FN2O/c1-4-17-6-5-16(3)13-8-11(10-15-2)7-12(14)9-13/h7-9,15H,4-6,10H2,1-3H3. The molecule has 0 amide bonds. The van der Waals surface area contributed by atoms with Gasteiger partial charge in [-0.15, -0.1) is 0 Å². The van der Waals surface area contributed by atoms with Crippen LogP contribution in [0.3, 0.4) is 0 Å². The number of hydrogen-bond acceptors (Lipinski definition) is 3. The predicted molar refractivity (Wildman–Crippen MR) is 68.9 cm³/mol. The summed E-state index contributed by atoms with van der Waals surface area (Å²) in [5.74, 6) is -0.198. The van der Waals surface area contributed by atoms with Gasteiger partial charge in [-0.3, -0.25) is 0 Å². The van der Waals surface area contributed by atoms with E-state index in [1.165, 1.54) is 0 Å². The Bertz CT molecular complexity index is 344. The highest BCUT2D eigenvalue weighted by Gasteiger charge is 2.05. The van der Waals surface area contributed by atoms with Crippen LogP contribution in [0.25, 0.3) is 0 Å². The Labute approximate surface area is 103 Å². The van der Waals surface area contributed by atoms with E-state index in [4.69, 9.17) is 4.74 Å². The quantitative estimate of drug-likeness (QED) is 0.738. The smallest absolute Gasteiger partial charge is 0.125 e. The minimum atomic E-state index is -0.198. The summed E-state index contributed by atoms with van der Waals surface area (Å²) >= 11 is 0. The fraction of sp³-hybridized carbons (Fsp3) is 0.538. The van der Waals surface area contributed by atoms with Gasteiger partial charge in [0, 0.05) is 32.4 Å². The molecule has 1 aromatic rings. The normalized spacial score (nSPS) is 10.6. The summed E-state index contributed by atoms with van der Waals surface area (Å²) < 4.78 is 18.7. The Hall–Kier alpha value is -1.13. The van der Waals surface area contributed by atoms with Crippen molar-refractivity contribution in [2.24, 2.45) is 0 Å². The molecule has 0 unspecified atom stereocenters. The van der Waals surface area contributed by atoms with Gasteiger partial charge in [0.25, 0.3) is 0 Å². The van der Waals surface area contributed by atoms with Crippen LogP contribution in [0.4, 0.5) is 10.1 Å². The maximum Gasteiger partial charge on any atom is 0.125 e. The molecule has 3 nitrogen and oxygen atoms in total. The summed E-state index contributed by atoms with van der Waals surface area (Å²) in [6.45, 7) is 4.76. The number of halogens is 1. The van der Waals surface area contributed by atoms with E-state index in [9.17, 15) is 4.39 Å². The van der Waals surface area contributed by atoms with Gasteiger partial charge in [-0.05, 0) is 37.7 Å². The van der Waals surface area contributed by atoms with Crippen LogP contribution in [0, 0.1) is 5.82 Å². The van der Waals surface area contributed by atoms with E-state index in [1.807, 2.05) is 32.0 Å². The lowest BCUT2D eigenvalue weighted by molar-refractivity contribution is 0.154. The van der Waals surface area contributed by atoms with E-state index in [0.717, 1.165) is 17.8 Å². The van der Waals surface area contributed by atoms with Crippen LogP contribution in [0.1, 0.15) is 12.5 Å². The van der Waals surface area contributed by atoms with Gasteiger partial charge in [-0.25, -0.2) is 4.39 Å². The molecule has 0 atom stereocenters. The molecule has 0 heterocycles. The molecule has 17 heavy (non-hydrogen) atoms. The van der Waals surface area contributed by atoms with Crippen molar-refractivity contribution in [3.8, 4) is 0 Å². The molecule has 0 bridgehead atoms. The van der Waals surface area contributed by atoms with Crippen molar-refractivity contribution < 1.29 is 9.13 Å². The highest BCUT2D eigenvalue weighted by molar-refractivity contribution is 5.48. The van der Waals surface area contributed by atoms with Crippen LogP contribution in [0.5, 0.6) is 0 Å². The molecule has 0 aliphatic rings. The molecule has 0 spiro atoms. The van der Waals surface area contributed by atoms with Crippen LogP contribution in [0.15, 0.2) is 18.2 Å². The Morgan fingerprint density at radius 3 is 2.76 bits per heavy atom. The highest BCUT2D eigenvalue weighted by Crippen LogP contribution is 2.17. The third kappa shape index (κ3) is 4.71. The van der Waals surface area contributed by atoms with Crippen molar-refractivity contribution in [3.63, 3.8) is 0 Å². The van der Waals surface area contributed by atoms with Crippen molar-refractivity contribution >= 4 is 5.69 Å². The highest BCUT2D eigenvalue weighted by atomic mass is 19.1. The summed E-state index contributed by atoms with van der Waals surface area (Å²) in [5, 5.41) is 3.02. The molecule has 4 heteroatoms. The van der Waals surface area contributed by atoms with Crippen LogP contribution >= 0.6 is 0 Å². The number of nitrogens with zero attached hydrogens (tertiary/aromatic N) is 1. The van der Waals surface area contributed by atoms with Gasteiger partial charge in [0.05, 0.1) is 6.61 Å². The molecule has 0 saturated carbocycles. The molecule has 96 valence electrons. The average Bonchev–Trinajstić information content (AvgIpc) is 2.29. The summed E-state index contributed by atoms with van der Waals surface area (Å²) in [4.78, 5) is 2.00. The number of rotatable bonds is 7. The van der Waals surface area contributed by atoms with Crippen LogP contribution in [-0.2, 0) is 11.3 Å². The number of anilines is 1. The molecule has 0 aromatic heterocycles. The van der Waals surface area contributed by atoms with Crippen molar-refractivity contribution in [2.75, 3.05) is 38.8 Å². The monoisotopic (exact) mass is 240 g/mol. The van der Waals surface area contributed by atoms with Gasteiger partial charge in [0.15, 0.2) is 0 Å². The zero-order valence-corrected chi connectivity index (χ0v) is 10.8. The van der Waals surface area contributed by atoms with Crippen LogP contribution in [0.2, 0.25) is 0 Å². The molecule has 1 N–H and O–H groups in total. The largest absolute Gasteiger partial charge is 0.380 e. The maximum absolute atomic E-state index is 13.4.